The van der Waals surface area contributed by atoms with Gasteiger partial charge >= 0.3 is 0 Å². The van der Waals surface area contributed by atoms with Crippen LogP contribution in [-0.4, -0.2) is 35.7 Å². The molecule has 0 spiro atoms. The van der Waals surface area contributed by atoms with Crippen molar-refractivity contribution >= 4 is 52.3 Å². The van der Waals surface area contributed by atoms with E-state index < -0.39 is 0 Å². The number of rotatable bonds is 5. The Bertz CT molecular complexity index is 635. The average Bonchev–Trinajstić information content (AvgIpc) is 3.12. The second-order valence-electron chi connectivity index (χ2n) is 5.75. The van der Waals surface area contributed by atoms with Crippen LogP contribution in [0.1, 0.15) is 24.8 Å². The number of para-hydroxylation sites is 1. The van der Waals surface area contributed by atoms with Crippen LogP contribution in [-0.2, 0) is 16.0 Å². The SMILES string of the molecule is CC(Cc1nc2ccccc2s1)NC(=O)[C@@H]1CC[C@H](CN)O1.Cl.Cl. The minimum atomic E-state index is -0.355. The molecule has 134 valence electrons. The number of amides is 1. The van der Waals surface area contributed by atoms with Crippen molar-refractivity contribution in [2.45, 2.75) is 44.4 Å². The molecule has 5 nitrogen and oxygen atoms in total. The van der Waals surface area contributed by atoms with E-state index in [1.165, 1.54) is 4.70 Å². The average molecular weight is 392 g/mol. The molecule has 3 N–H and O–H groups in total. The van der Waals surface area contributed by atoms with Gasteiger partial charge in [-0.1, -0.05) is 12.1 Å². The molecule has 3 rings (SSSR count). The number of carbonyl (C=O) groups is 1. The molecule has 1 amide bonds. The van der Waals surface area contributed by atoms with E-state index in [9.17, 15) is 4.79 Å². The zero-order valence-electron chi connectivity index (χ0n) is 13.4. The van der Waals surface area contributed by atoms with Gasteiger partial charge < -0.3 is 15.8 Å². The first kappa shape index (κ1) is 21.1. The van der Waals surface area contributed by atoms with E-state index in [4.69, 9.17) is 10.5 Å². The zero-order valence-corrected chi connectivity index (χ0v) is 15.9. The second-order valence-corrected chi connectivity index (χ2v) is 6.86. The maximum atomic E-state index is 12.2. The molecule has 1 aromatic heterocycles. The Morgan fingerprint density at radius 3 is 2.83 bits per heavy atom. The first-order valence-corrected chi connectivity index (χ1v) is 8.47. The van der Waals surface area contributed by atoms with Gasteiger partial charge in [0.1, 0.15) is 6.10 Å². The number of thiazole rings is 1. The molecule has 0 radical (unpaired) electrons. The monoisotopic (exact) mass is 391 g/mol. The lowest BCUT2D eigenvalue weighted by atomic mass is 10.1. The zero-order chi connectivity index (χ0) is 15.5. The van der Waals surface area contributed by atoms with Crippen molar-refractivity contribution in [3.63, 3.8) is 0 Å². The van der Waals surface area contributed by atoms with Crippen LogP contribution in [0.25, 0.3) is 10.2 Å². The quantitative estimate of drug-likeness (QED) is 0.820. The van der Waals surface area contributed by atoms with E-state index in [1.54, 1.807) is 11.3 Å². The summed E-state index contributed by atoms with van der Waals surface area (Å²) in [5.41, 5.74) is 6.59. The van der Waals surface area contributed by atoms with Crippen molar-refractivity contribution in [3.8, 4) is 0 Å². The van der Waals surface area contributed by atoms with Crippen LogP contribution >= 0.6 is 36.2 Å². The molecule has 1 aromatic carbocycles. The molecule has 8 heteroatoms. The van der Waals surface area contributed by atoms with Gasteiger partial charge in [-0.05, 0) is 31.9 Å². The van der Waals surface area contributed by atoms with Crippen LogP contribution in [0.5, 0.6) is 0 Å². The number of nitrogens with two attached hydrogens (primary N) is 1. The third-order valence-electron chi connectivity index (χ3n) is 3.87. The summed E-state index contributed by atoms with van der Waals surface area (Å²) in [5.74, 6) is -0.0374. The molecule has 2 aromatic rings. The summed E-state index contributed by atoms with van der Waals surface area (Å²) in [6.45, 7) is 2.48. The van der Waals surface area contributed by atoms with Crippen molar-refractivity contribution in [3.05, 3.63) is 29.3 Å². The minimum absolute atomic E-state index is 0. The Hall–Kier alpha value is -0.920. The molecule has 0 saturated carbocycles. The molecule has 24 heavy (non-hydrogen) atoms. The Labute approximate surface area is 158 Å². The molecule has 0 aliphatic carbocycles. The summed E-state index contributed by atoms with van der Waals surface area (Å²) in [4.78, 5) is 16.8. The Morgan fingerprint density at radius 1 is 1.42 bits per heavy atom. The molecule has 1 aliphatic heterocycles. The summed E-state index contributed by atoms with van der Waals surface area (Å²) in [7, 11) is 0. The lowest BCUT2D eigenvalue weighted by Gasteiger charge is -2.16. The highest BCUT2D eigenvalue weighted by molar-refractivity contribution is 7.18. The van der Waals surface area contributed by atoms with Gasteiger partial charge in [-0.25, -0.2) is 4.98 Å². The van der Waals surface area contributed by atoms with Gasteiger partial charge in [-0.2, -0.15) is 0 Å². The Balaban J connectivity index is 0.00000144. The number of hydrogen-bond acceptors (Lipinski definition) is 5. The first-order chi connectivity index (χ1) is 10.7. The van der Waals surface area contributed by atoms with E-state index >= 15 is 0 Å². The van der Waals surface area contributed by atoms with Crippen molar-refractivity contribution in [2.75, 3.05) is 6.54 Å². The van der Waals surface area contributed by atoms with E-state index in [2.05, 4.69) is 16.4 Å². The Morgan fingerprint density at radius 2 is 2.17 bits per heavy atom. The summed E-state index contributed by atoms with van der Waals surface area (Å²) >= 11 is 1.68. The third kappa shape index (κ3) is 5.04. The largest absolute Gasteiger partial charge is 0.364 e. The van der Waals surface area contributed by atoms with E-state index in [-0.39, 0.29) is 49.0 Å². The summed E-state index contributed by atoms with van der Waals surface area (Å²) in [5, 5.41) is 4.06. The molecule has 1 saturated heterocycles. The van der Waals surface area contributed by atoms with Gasteiger partial charge in [-0.15, -0.1) is 36.2 Å². The summed E-state index contributed by atoms with van der Waals surface area (Å²) in [6, 6.07) is 8.12. The number of aromatic nitrogens is 1. The van der Waals surface area contributed by atoms with Crippen LogP contribution < -0.4 is 11.1 Å². The van der Waals surface area contributed by atoms with Gasteiger partial charge in [0.2, 0.25) is 5.91 Å². The maximum absolute atomic E-state index is 12.2. The number of ether oxygens (including phenoxy) is 1. The van der Waals surface area contributed by atoms with Crippen LogP contribution in [0.4, 0.5) is 0 Å². The molecule has 3 atom stereocenters. The minimum Gasteiger partial charge on any atom is -0.364 e. The van der Waals surface area contributed by atoms with Crippen molar-refractivity contribution in [1.82, 2.24) is 10.3 Å². The lowest BCUT2D eigenvalue weighted by Crippen LogP contribution is -2.41. The van der Waals surface area contributed by atoms with Gasteiger partial charge in [0, 0.05) is 19.0 Å². The number of nitrogens with one attached hydrogen (secondary N) is 1. The maximum Gasteiger partial charge on any atom is 0.249 e. The highest BCUT2D eigenvalue weighted by Crippen LogP contribution is 2.23. The van der Waals surface area contributed by atoms with Crippen molar-refractivity contribution in [2.24, 2.45) is 5.73 Å². The number of halogens is 2. The van der Waals surface area contributed by atoms with Crippen molar-refractivity contribution in [1.29, 1.82) is 0 Å². The molecule has 0 bridgehead atoms. The highest BCUT2D eigenvalue weighted by atomic mass is 35.5. The number of fused-ring (bicyclic) bond motifs is 1. The topological polar surface area (TPSA) is 77.2 Å². The second kappa shape index (κ2) is 9.53. The van der Waals surface area contributed by atoms with Gasteiger partial charge in [0.15, 0.2) is 0 Å². The predicted octanol–water partition coefficient (Wildman–Crippen LogP) is 2.69. The van der Waals surface area contributed by atoms with Gasteiger partial charge in [0.25, 0.3) is 0 Å². The standard InChI is InChI=1S/C16H21N3O2S.2ClH/c1-10(18-16(20)13-7-6-11(9-17)21-13)8-15-19-12-4-2-3-5-14(12)22-15;;/h2-5,10-11,13H,6-9,17H2,1H3,(H,18,20);2*1H/t10?,11-,13+;;/m1../s1. The normalized spacial score (nSPS) is 20.9. The van der Waals surface area contributed by atoms with Crippen LogP contribution in [0, 0.1) is 0 Å². The van der Waals surface area contributed by atoms with Gasteiger partial charge in [0.05, 0.1) is 21.3 Å². The van der Waals surface area contributed by atoms with Crippen LogP contribution in [0.3, 0.4) is 0 Å². The summed E-state index contributed by atoms with van der Waals surface area (Å²) in [6.07, 6.45) is 2.02. The molecule has 1 aliphatic rings. The number of hydrogen-bond donors (Lipinski definition) is 2. The smallest absolute Gasteiger partial charge is 0.249 e. The third-order valence-corrected chi connectivity index (χ3v) is 4.93. The van der Waals surface area contributed by atoms with Crippen molar-refractivity contribution < 1.29 is 9.53 Å². The molecule has 1 unspecified atom stereocenters. The fraction of sp³-hybridized carbons (Fsp3) is 0.500. The van der Waals surface area contributed by atoms with Crippen LogP contribution in [0.2, 0.25) is 0 Å². The number of benzene rings is 1. The van der Waals surface area contributed by atoms with Gasteiger partial charge in [-0.3, -0.25) is 4.79 Å². The molecule has 2 heterocycles. The number of nitrogens with zero attached hydrogens (tertiary/aromatic N) is 1. The van der Waals surface area contributed by atoms with E-state index in [0.29, 0.717) is 6.54 Å². The lowest BCUT2D eigenvalue weighted by molar-refractivity contribution is -0.132. The fourth-order valence-corrected chi connectivity index (χ4v) is 3.82. The molecule has 1 fully saturated rings. The fourth-order valence-electron chi connectivity index (χ4n) is 2.73. The van der Waals surface area contributed by atoms with Crippen LogP contribution in [0.15, 0.2) is 24.3 Å². The first-order valence-electron chi connectivity index (χ1n) is 7.66. The molecular formula is C16H23Cl2N3O2S. The van der Waals surface area contributed by atoms with E-state index in [0.717, 1.165) is 29.8 Å². The summed E-state index contributed by atoms with van der Waals surface area (Å²) < 4.78 is 6.80. The molecular weight excluding hydrogens is 369 g/mol. The highest BCUT2D eigenvalue weighted by Gasteiger charge is 2.30. The predicted molar refractivity (Wildman–Crippen MR) is 102 cm³/mol. The Kier molecular flexibility index (Phi) is 8.39. The van der Waals surface area contributed by atoms with E-state index in [1.807, 2.05) is 25.1 Å². The number of carbonyl (C=O) groups excluding carboxylic acids is 1.